The Bertz CT molecular complexity index is 584. The summed E-state index contributed by atoms with van der Waals surface area (Å²) in [6.07, 6.45) is 0. The zero-order valence-corrected chi connectivity index (χ0v) is 10.8. The standard InChI is InChI=1S/C14H13ClN2O2/c15-10-4-6-11(7-5-10)19-12-3-1-2-9(8-12)13(16)14(17)18/h1-8,13H,16H2,(H2,17,18). The van der Waals surface area contributed by atoms with Gasteiger partial charge in [0, 0.05) is 5.02 Å². The molecule has 0 radical (unpaired) electrons. The Hall–Kier alpha value is -2.04. The first kappa shape index (κ1) is 13.4. The third kappa shape index (κ3) is 3.47. The van der Waals surface area contributed by atoms with Crippen LogP contribution < -0.4 is 16.2 Å². The zero-order chi connectivity index (χ0) is 13.8. The van der Waals surface area contributed by atoms with Gasteiger partial charge in [-0.3, -0.25) is 4.79 Å². The van der Waals surface area contributed by atoms with E-state index in [1.165, 1.54) is 0 Å². The van der Waals surface area contributed by atoms with E-state index < -0.39 is 11.9 Å². The third-order valence-corrected chi connectivity index (χ3v) is 2.83. The van der Waals surface area contributed by atoms with Crippen LogP contribution in [0.5, 0.6) is 11.5 Å². The Morgan fingerprint density at radius 3 is 2.42 bits per heavy atom. The van der Waals surface area contributed by atoms with Crippen molar-refractivity contribution in [3.05, 3.63) is 59.1 Å². The molecule has 0 saturated heterocycles. The fourth-order valence-corrected chi connectivity index (χ4v) is 1.70. The van der Waals surface area contributed by atoms with Gasteiger partial charge in [-0.15, -0.1) is 0 Å². The van der Waals surface area contributed by atoms with Gasteiger partial charge in [0.2, 0.25) is 5.91 Å². The molecule has 0 aliphatic heterocycles. The summed E-state index contributed by atoms with van der Waals surface area (Å²) in [5.41, 5.74) is 11.5. The van der Waals surface area contributed by atoms with Gasteiger partial charge in [0.05, 0.1) is 0 Å². The van der Waals surface area contributed by atoms with Crippen LogP contribution in [-0.4, -0.2) is 5.91 Å². The van der Waals surface area contributed by atoms with Crippen molar-refractivity contribution >= 4 is 17.5 Å². The minimum atomic E-state index is -0.839. The SMILES string of the molecule is NC(=O)C(N)c1cccc(Oc2ccc(Cl)cc2)c1. The highest BCUT2D eigenvalue weighted by Gasteiger charge is 2.12. The molecule has 2 aromatic carbocycles. The van der Waals surface area contributed by atoms with Crippen LogP contribution in [0.1, 0.15) is 11.6 Å². The summed E-state index contributed by atoms with van der Waals surface area (Å²) in [6, 6.07) is 13.1. The van der Waals surface area contributed by atoms with Crippen LogP contribution in [0.15, 0.2) is 48.5 Å². The van der Waals surface area contributed by atoms with Gasteiger partial charge in [-0.1, -0.05) is 23.7 Å². The van der Waals surface area contributed by atoms with Crippen LogP contribution in [0.25, 0.3) is 0 Å². The third-order valence-electron chi connectivity index (χ3n) is 2.57. The van der Waals surface area contributed by atoms with Crippen LogP contribution >= 0.6 is 11.6 Å². The summed E-state index contributed by atoms with van der Waals surface area (Å²) in [5.74, 6) is 0.648. The average molecular weight is 277 g/mol. The van der Waals surface area contributed by atoms with Gasteiger partial charge in [-0.2, -0.15) is 0 Å². The summed E-state index contributed by atoms with van der Waals surface area (Å²) < 4.78 is 5.64. The van der Waals surface area contributed by atoms with Crippen LogP contribution in [0.2, 0.25) is 5.02 Å². The predicted octanol–water partition coefficient (Wildman–Crippen LogP) is 2.62. The predicted molar refractivity (Wildman–Crippen MR) is 74.1 cm³/mol. The molecule has 0 aliphatic carbocycles. The van der Waals surface area contributed by atoms with Gasteiger partial charge < -0.3 is 16.2 Å². The molecule has 19 heavy (non-hydrogen) atoms. The van der Waals surface area contributed by atoms with Gasteiger partial charge in [0.25, 0.3) is 0 Å². The molecule has 0 saturated carbocycles. The molecule has 1 unspecified atom stereocenters. The van der Waals surface area contributed by atoms with Crippen molar-refractivity contribution in [1.29, 1.82) is 0 Å². The second-order valence-corrected chi connectivity index (χ2v) is 4.44. The number of rotatable bonds is 4. The lowest BCUT2D eigenvalue weighted by molar-refractivity contribution is -0.119. The summed E-state index contributed by atoms with van der Waals surface area (Å²) in [6.45, 7) is 0. The van der Waals surface area contributed by atoms with Gasteiger partial charge in [-0.05, 0) is 42.0 Å². The van der Waals surface area contributed by atoms with E-state index in [1.807, 2.05) is 0 Å². The van der Waals surface area contributed by atoms with Crippen LogP contribution in [0.3, 0.4) is 0 Å². The fraction of sp³-hybridized carbons (Fsp3) is 0.0714. The average Bonchev–Trinajstić information content (AvgIpc) is 2.41. The summed E-state index contributed by atoms with van der Waals surface area (Å²) in [4.78, 5) is 11.0. The molecule has 0 fully saturated rings. The molecule has 5 heteroatoms. The first-order valence-corrected chi connectivity index (χ1v) is 6.02. The van der Waals surface area contributed by atoms with Crippen LogP contribution in [0, 0.1) is 0 Å². The van der Waals surface area contributed by atoms with E-state index in [0.717, 1.165) is 0 Å². The lowest BCUT2D eigenvalue weighted by atomic mass is 10.1. The van der Waals surface area contributed by atoms with E-state index in [2.05, 4.69) is 0 Å². The van der Waals surface area contributed by atoms with Crippen molar-refractivity contribution in [1.82, 2.24) is 0 Å². The number of halogens is 1. The number of hydrogen-bond donors (Lipinski definition) is 2. The molecule has 2 rings (SSSR count). The number of benzene rings is 2. The van der Waals surface area contributed by atoms with Gasteiger partial charge in [0.1, 0.15) is 17.5 Å². The molecule has 98 valence electrons. The maximum atomic E-state index is 11.0. The molecule has 1 amide bonds. The molecule has 2 aromatic rings. The molecule has 1 atom stereocenters. The Kier molecular flexibility index (Phi) is 4.04. The molecular weight excluding hydrogens is 264 g/mol. The van der Waals surface area contributed by atoms with E-state index in [9.17, 15) is 4.79 Å². The van der Waals surface area contributed by atoms with Crippen LogP contribution in [0.4, 0.5) is 0 Å². The van der Waals surface area contributed by atoms with Crippen molar-refractivity contribution in [2.24, 2.45) is 11.5 Å². The number of carbonyl (C=O) groups excluding carboxylic acids is 1. The maximum Gasteiger partial charge on any atom is 0.238 e. The normalized spacial score (nSPS) is 11.9. The smallest absolute Gasteiger partial charge is 0.238 e. The Morgan fingerprint density at radius 1 is 1.11 bits per heavy atom. The molecule has 0 aromatic heterocycles. The Balaban J connectivity index is 2.19. The number of primary amides is 1. The number of nitrogens with two attached hydrogens (primary N) is 2. The molecule has 4 N–H and O–H groups in total. The van der Waals surface area contributed by atoms with Crippen molar-refractivity contribution in [2.45, 2.75) is 6.04 Å². The lowest BCUT2D eigenvalue weighted by Gasteiger charge is -2.10. The Morgan fingerprint density at radius 2 is 1.79 bits per heavy atom. The number of hydrogen-bond acceptors (Lipinski definition) is 3. The molecule has 0 spiro atoms. The van der Waals surface area contributed by atoms with Crippen LogP contribution in [-0.2, 0) is 4.79 Å². The van der Waals surface area contributed by atoms with Crippen molar-refractivity contribution in [3.8, 4) is 11.5 Å². The Labute approximate surface area is 115 Å². The molecule has 0 bridgehead atoms. The molecule has 4 nitrogen and oxygen atoms in total. The van der Waals surface area contributed by atoms with E-state index >= 15 is 0 Å². The topological polar surface area (TPSA) is 78.3 Å². The number of amides is 1. The highest BCUT2D eigenvalue weighted by atomic mass is 35.5. The van der Waals surface area contributed by atoms with E-state index in [0.29, 0.717) is 22.1 Å². The number of carbonyl (C=O) groups is 1. The van der Waals surface area contributed by atoms with Gasteiger partial charge in [0.15, 0.2) is 0 Å². The quantitative estimate of drug-likeness (QED) is 0.901. The number of ether oxygens (including phenoxy) is 1. The minimum absolute atomic E-state index is 0.580. The second-order valence-electron chi connectivity index (χ2n) is 4.01. The maximum absolute atomic E-state index is 11.0. The van der Waals surface area contributed by atoms with Gasteiger partial charge >= 0.3 is 0 Å². The first-order chi connectivity index (χ1) is 9.06. The van der Waals surface area contributed by atoms with Gasteiger partial charge in [-0.25, -0.2) is 0 Å². The van der Waals surface area contributed by atoms with Crippen molar-refractivity contribution in [2.75, 3.05) is 0 Å². The minimum Gasteiger partial charge on any atom is -0.457 e. The first-order valence-electron chi connectivity index (χ1n) is 5.64. The van der Waals surface area contributed by atoms with Crippen molar-refractivity contribution < 1.29 is 9.53 Å². The lowest BCUT2D eigenvalue weighted by Crippen LogP contribution is -2.28. The molecular formula is C14H13ClN2O2. The van der Waals surface area contributed by atoms with E-state index in [1.54, 1.807) is 48.5 Å². The zero-order valence-electron chi connectivity index (χ0n) is 10.0. The summed E-state index contributed by atoms with van der Waals surface area (Å²) >= 11 is 5.79. The fourth-order valence-electron chi connectivity index (χ4n) is 1.57. The summed E-state index contributed by atoms with van der Waals surface area (Å²) in [7, 11) is 0. The summed E-state index contributed by atoms with van der Waals surface area (Å²) in [5, 5.41) is 0.636. The molecule has 0 aliphatic rings. The van der Waals surface area contributed by atoms with E-state index in [4.69, 9.17) is 27.8 Å². The molecule has 0 heterocycles. The van der Waals surface area contributed by atoms with Crippen molar-refractivity contribution in [3.63, 3.8) is 0 Å². The largest absolute Gasteiger partial charge is 0.457 e. The second kappa shape index (κ2) is 5.73. The highest BCUT2D eigenvalue weighted by Crippen LogP contribution is 2.25. The monoisotopic (exact) mass is 276 g/mol. The van der Waals surface area contributed by atoms with E-state index in [-0.39, 0.29) is 0 Å². The highest BCUT2D eigenvalue weighted by molar-refractivity contribution is 6.30.